The molecule has 1 aromatic heterocycles. The van der Waals surface area contributed by atoms with Crippen LogP contribution in [0, 0.1) is 12.3 Å². The fourth-order valence-electron chi connectivity index (χ4n) is 4.42. The van der Waals surface area contributed by atoms with Crippen LogP contribution in [0.15, 0.2) is 46.3 Å². The standard InChI is InChI=1S/C25H25N3O5S2/c1-3-11-27-20-15-21-22(33-14-13-32-21)16-23(20)34-25(27)26-24(29)18-7-9-19(10-8-18)35(30,31)28-12-5-4-6-17(28)2/h1,7-10,15-17H,4-6,11-14H2,2H3. The molecule has 0 radical (unpaired) electrons. The van der Waals surface area contributed by atoms with Crippen LogP contribution in [0.3, 0.4) is 0 Å². The van der Waals surface area contributed by atoms with Crippen LogP contribution in [-0.4, -0.2) is 49.0 Å². The highest BCUT2D eigenvalue weighted by Gasteiger charge is 2.31. The molecule has 0 bridgehead atoms. The number of hydrogen-bond donors (Lipinski definition) is 0. The van der Waals surface area contributed by atoms with Gasteiger partial charge in [0, 0.05) is 30.3 Å². The lowest BCUT2D eigenvalue weighted by atomic mass is 10.1. The largest absolute Gasteiger partial charge is 0.486 e. The van der Waals surface area contributed by atoms with E-state index in [9.17, 15) is 13.2 Å². The molecule has 2 aromatic carbocycles. The van der Waals surface area contributed by atoms with Crippen molar-refractivity contribution in [3.05, 3.63) is 46.8 Å². The molecular weight excluding hydrogens is 486 g/mol. The van der Waals surface area contributed by atoms with Gasteiger partial charge in [-0.25, -0.2) is 8.42 Å². The number of hydrogen-bond acceptors (Lipinski definition) is 6. The normalized spacial score (nSPS) is 19.0. The van der Waals surface area contributed by atoms with Crippen LogP contribution in [0.25, 0.3) is 10.2 Å². The fourth-order valence-corrected chi connectivity index (χ4v) is 7.16. The Balaban J connectivity index is 1.47. The predicted octanol–water partition coefficient (Wildman–Crippen LogP) is 3.41. The number of piperidine rings is 1. The summed E-state index contributed by atoms with van der Waals surface area (Å²) in [5.74, 6) is 3.41. The first-order valence-corrected chi connectivity index (χ1v) is 13.7. The third-order valence-electron chi connectivity index (χ3n) is 6.24. The summed E-state index contributed by atoms with van der Waals surface area (Å²) in [6, 6.07) is 9.64. The Kier molecular flexibility index (Phi) is 6.40. The van der Waals surface area contributed by atoms with E-state index in [0.717, 1.165) is 29.5 Å². The molecule has 8 nitrogen and oxygen atoms in total. The number of nitrogens with zero attached hydrogens (tertiary/aromatic N) is 3. The minimum absolute atomic E-state index is 0.0360. The van der Waals surface area contributed by atoms with Gasteiger partial charge in [-0.3, -0.25) is 4.79 Å². The quantitative estimate of drug-likeness (QED) is 0.501. The van der Waals surface area contributed by atoms with Crippen molar-refractivity contribution in [1.29, 1.82) is 0 Å². The van der Waals surface area contributed by atoms with Gasteiger partial charge in [-0.2, -0.15) is 9.30 Å². The van der Waals surface area contributed by atoms with Crippen molar-refractivity contribution in [3.63, 3.8) is 0 Å². The number of benzene rings is 2. The second-order valence-corrected chi connectivity index (χ2v) is 11.4. The monoisotopic (exact) mass is 511 g/mol. The predicted molar refractivity (Wildman–Crippen MR) is 133 cm³/mol. The van der Waals surface area contributed by atoms with Crippen LogP contribution in [0.4, 0.5) is 0 Å². The lowest BCUT2D eigenvalue weighted by Crippen LogP contribution is -2.41. The number of ether oxygens (including phenoxy) is 2. The van der Waals surface area contributed by atoms with E-state index in [0.29, 0.717) is 41.6 Å². The van der Waals surface area contributed by atoms with Crippen molar-refractivity contribution in [1.82, 2.24) is 8.87 Å². The molecule has 1 unspecified atom stereocenters. The van der Waals surface area contributed by atoms with Gasteiger partial charge in [-0.1, -0.05) is 23.7 Å². The number of sulfonamides is 1. The molecule has 0 spiro atoms. The number of fused-ring (bicyclic) bond motifs is 2. The van der Waals surface area contributed by atoms with Crippen molar-refractivity contribution < 1.29 is 22.7 Å². The summed E-state index contributed by atoms with van der Waals surface area (Å²) < 4.78 is 41.7. The summed E-state index contributed by atoms with van der Waals surface area (Å²) in [4.78, 5) is 17.9. The Morgan fingerprint density at radius 1 is 1.17 bits per heavy atom. The van der Waals surface area contributed by atoms with Gasteiger partial charge in [-0.15, -0.1) is 6.42 Å². The maximum absolute atomic E-state index is 13.1. The second kappa shape index (κ2) is 9.49. The van der Waals surface area contributed by atoms with Gasteiger partial charge >= 0.3 is 0 Å². The van der Waals surface area contributed by atoms with E-state index in [1.54, 1.807) is 8.87 Å². The number of carbonyl (C=O) groups excluding carboxylic acids is 1. The molecule has 5 rings (SSSR count). The molecule has 3 heterocycles. The zero-order valence-corrected chi connectivity index (χ0v) is 20.9. The number of rotatable bonds is 4. The van der Waals surface area contributed by atoms with Gasteiger partial charge in [-0.05, 0) is 44.0 Å². The minimum Gasteiger partial charge on any atom is -0.486 e. The van der Waals surface area contributed by atoms with Crippen molar-refractivity contribution in [3.8, 4) is 23.8 Å². The summed E-state index contributed by atoms with van der Waals surface area (Å²) in [6.45, 7) is 3.62. The van der Waals surface area contributed by atoms with Crippen molar-refractivity contribution >= 4 is 37.5 Å². The Morgan fingerprint density at radius 3 is 2.57 bits per heavy atom. The van der Waals surface area contributed by atoms with Crippen LogP contribution in [0.1, 0.15) is 36.5 Å². The van der Waals surface area contributed by atoms with Gasteiger partial charge in [0.05, 0.1) is 21.7 Å². The highest BCUT2D eigenvalue weighted by molar-refractivity contribution is 7.89. The number of aromatic nitrogens is 1. The van der Waals surface area contributed by atoms with Crippen molar-refractivity contribution in [2.24, 2.45) is 4.99 Å². The van der Waals surface area contributed by atoms with Crippen LogP contribution >= 0.6 is 11.3 Å². The van der Waals surface area contributed by atoms with E-state index >= 15 is 0 Å². The number of terminal acetylenes is 1. The van der Waals surface area contributed by atoms with Gasteiger partial charge in [0.25, 0.3) is 5.91 Å². The molecule has 10 heteroatoms. The van der Waals surface area contributed by atoms with E-state index in [2.05, 4.69) is 10.9 Å². The van der Waals surface area contributed by atoms with Crippen LogP contribution in [-0.2, 0) is 16.6 Å². The highest BCUT2D eigenvalue weighted by atomic mass is 32.2. The molecule has 182 valence electrons. The van der Waals surface area contributed by atoms with Gasteiger partial charge < -0.3 is 14.0 Å². The van der Waals surface area contributed by atoms with Crippen LogP contribution < -0.4 is 14.3 Å². The molecule has 2 aliphatic rings. The molecule has 1 fully saturated rings. The minimum atomic E-state index is -3.61. The maximum Gasteiger partial charge on any atom is 0.279 e. The SMILES string of the molecule is C#CCn1c(=NC(=O)c2ccc(S(=O)(=O)N3CCCCC3C)cc2)sc2cc3c(cc21)OCCO3. The molecule has 0 aliphatic carbocycles. The summed E-state index contributed by atoms with van der Waals surface area (Å²) in [6.07, 6.45) is 8.31. The Labute approximate surface area is 207 Å². The average molecular weight is 512 g/mol. The molecule has 2 aliphatic heterocycles. The first-order valence-electron chi connectivity index (χ1n) is 11.5. The third-order valence-corrected chi connectivity index (χ3v) is 9.31. The zero-order chi connectivity index (χ0) is 24.6. The fraction of sp³-hybridized carbons (Fsp3) is 0.360. The summed E-state index contributed by atoms with van der Waals surface area (Å²) in [5, 5.41) is 0. The van der Waals surface area contributed by atoms with Crippen molar-refractivity contribution in [2.75, 3.05) is 19.8 Å². The molecule has 0 N–H and O–H groups in total. The van der Waals surface area contributed by atoms with Gasteiger partial charge in [0.2, 0.25) is 10.0 Å². The third kappa shape index (κ3) is 4.47. The number of amides is 1. The lowest BCUT2D eigenvalue weighted by Gasteiger charge is -2.32. The molecule has 1 atom stereocenters. The van der Waals surface area contributed by atoms with Crippen molar-refractivity contribution in [2.45, 2.75) is 43.7 Å². The van der Waals surface area contributed by atoms with E-state index in [-0.39, 0.29) is 17.5 Å². The smallest absolute Gasteiger partial charge is 0.279 e. The lowest BCUT2D eigenvalue weighted by molar-refractivity contribution is 0.0997. The Morgan fingerprint density at radius 2 is 1.89 bits per heavy atom. The summed E-state index contributed by atoms with van der Waals surface area (Å²) in [5.41, 5.74) is 1.10. The van der Waals surface area contributed by atoms with Crippen LogP contribution in [0.2, 0.25) is 0 Å². The van der Waals surface area contributed by atoms with E-state index in [1.807, 2.05) is 19.1 Å². The molecule has 1 amide bonds. The first-order chi connectivity index (χ1) is 16.9. The molecule has 35 heavy (non-hydrogen) atoms. The molecule has 0 saturated carbocycles. The number of carbonyl (C=O) groups is 1. The van der Waals surface area contributed by atoms with E-state index in [4.69, 9.17) is 15.9 Å². The topological polar surface area (TPSA) is 90.2 Å². The molecular formula is C25H25N3O5S2. The van der Waals surface area contributed by atoms with E-state index < -0.39 is 15.9 Å². The van der Waals surface area contributed by atoms with Gasteiger partial charge in [0.15, 0.2) is 16.3 Å². The Bertz CT molecular complexity index is 1500. The Hall–Kier alpha value is -3.13. The van der Waals surface area contributed by atoms with Crippen LogP contribution in [0.5, 0.6) is 11.5 Å². The van der Waals surface area contributed by atoms with Gasteiger partial charge in [0.1, 0.15) is 13.2 Å². The highest BCUT2D eigenvalue weighted by Crippen LogP contribution is 2.35. The zero-order valence-electron chi connectivity index (χ0n) is 19.3. The second-order valence-electron chi connectivity index (χ2n) is 8.54. The first kappa shape index (κ1) is 23.6. The van der Waals surface area contributed by atoms with E-state index in [1.165, 1.54) is 35.6 Å². The average Bonchev–Trinajstić information content (AvgIpc) is 3.18. The summed E-state index contributed by atoms with van der Waals surface area (Å²) >= 11 is 1.33. The maximum atomic E-state index is 13.1. The number of thiazole rings is 1. The molecule has 3 aromatic rings. The molecule has 1 saturated heterocycles. The summed E-state index contributed by atoms with van der Waals surface area (Å²) in [7, 11) is -3.61.